The minimum absolute atomic E-state index is 0.0788. The summed E-state index contributed by atoms with van der Waals surface area (Å²) < 4.78 is 1.62. The number of aliphatic carboxylic acids is 1. The average molecular weight is 180 g/mol. The summed E-state index contributed by atoms with van der Waals surface area (Å²) in [4.78, 5) is 14.5. The van der Waals surface area contributed by atoms with Crippen molar-refractivity contribution in [1.29, 1.82) is 0 Å². The van der Waals surface area contributed by atoms with Crippen LogP contribution in [0.2, 0.25) is 0 Å². The van der Waals surface area contributed by atoms with Gasteiger partial charge in [-0.25, -0.2) is 9.48 Å². The normalized spacial score (nSPS) is 20.1. The van der Waals surface area contributed by atoms with E-state index in [1.807, 2.05) is 6.92 Å². The van der Waals surface area contributed by atoms with Gasteiger partial charge in [-0.3, -0.25) is 0 Å². The molecule has 0 saturated carbocycles. The molecule has 13 heavy (non-hydrogen) atoms. The van der Waals surface area contributed by atoms with Crippen LogP contribution in [-0.2, 0) is 4.79 Å². The van der Waals surface area contributed by atoms with Crippen LogP contribution in [0.1, 0.15) is 13.0 Å². The Bertz CT molecular complexity index is 382. The van der Waals surface area contributed by atoms with Gasteiger partial charge in [-0.15, -0.1) is 0 Å². The Hall–Kier alpha value is -1.85. The van der Waals surface area contributed by atoms with Gasteiger partial charge in [-0.05, 0) is 13.0 Å². The summed E-state index contributed by atoms with van der Waals surface area (Å²) >= 11 is 0. The summed E-state index contributed by atoms with van der Waals surface area (Å²) in [5.74, 6) is -0.520. The van der Waals surface area contributed by atoms with E-state index in [1.165, 1.54) is 6.33 Å². The number of anilines is 1. The Labute approximate surface area is 73.9 Å². The topological polar surface area (TPSA) is 80.0 Å². The third-order valence-corrected chi connectivity index (χ3v) is 1.84. The van der Waals surface area contributed by atoms with Gasteiger partial charge >= 0.3 is 5.97 Å². The summed E-state index contributed by atoms with van der Waals surface area (Å²) in [5.41, 5.74) is 0.146. The molecule has 0 bridgehead atoms. The Kier molecular flexibility index (Phi) is 1.54. The van der Waals surface area contributed by atoms with Crippen LogP contribution in [-0.4, -0.2) is 25.8 Å². The molecule has 1 atom stereocenters. The van der Waals surface area contributed by atoms with Gasteiger partial charge in [0.1, 0.15) is 12.0 Å². The van der Waals surface area contributed by atoms with Gasteiger partial charge in [0.05, 0.1) is 6.04 Å². The molecular weight excluding hydrogens is 172 g/mol. The second kappa shape index (κ2) is 2.58. The number of carbonyl (C=O) groups is 1. The number of fused-ring (bicyclic) bond motifs is 1. The third kappa shape index (κ3) is 1.16. The fourth-order valence-electron chi connectivity index (χ4n) is 1.24. The van der Waals surface area contributed by atoms with Crippen LogP contribution in [0.3, 0.4) is 0 Å². The van der Waals surface area contributed by atoms with E-state index in [9.17, 15) is 4.79 Å². The fourth-order valence-corrected chi connectivity index (χ4v) is 1.24. The van der Waals surface area contributed by atoms with E-state index in [4.69, 9.17) is 5.11 Å². The van der Waals surface area contributed by atoms with E-state index in [-0.39, 0.29) is 11.7 Å². The van der Waals surface area contributed by atoms with Crippen molar-refractivity contribution in [3.05, 3.63) is 18.1 Å². The number of carboxylic acids is 1. The first-order chi connectivity index (χ1) is 6.18. The molecule has 1 aliphatic heterocycles. The number of hydrogen-bond donors (Lipinski definition) is 2. The van der Waals surface area contributed by atoms with E-state index < -0.39 is 5.97 Å². The molecule has 1 aromatic rings. The van der Waals surface area contributed by atoms with Gasteiger partial charge in [0.25, 0.3) is 0 Å². The van der Waals surface area contributed by atoms with Gasteiger partial charge in [0, 0.05) is 0 Å². The molecule has 6 nitrogen and oxygen atoms in total. The van der Waals surface area contributed by atoms with Gasteiger partial charge in [-0.1, -0.05) is 0 Å². The number of aromatic nitrogens is 3. The van der Waals surface area contributed by atoms with Crippen molar-refractivity contribution in [2.45, 2.75) is 13.0 Å². The van der Waals surface area contributed by atoms with Crippen molar-refractivity contribution < 1.29 is 9.90 Å². The lowest BCUT2D eigenvalue weighted by Crippen LogP contribution is -2.22. The van der Waals surface area contributed by atoms with E-state index in [0.29, 0.717) is 5.95 Å². The summed E-state index contributed by atoms with van der Waals surface area (Å²) in [6, 6.07) is -0.0788. The first kappa shape index (κ1) is 7.78. The van der Waals surface area contributed by atoms with Crippen molar-refractivity contribution in [2.75, 3.05) is 5.32 Å². The molecule has 0 radical (unpaired) electrons. The number of allylic oxidation sites excluding steroid dienone is 1. The zero-order chi connectivity index (χ0) is 9.42. The summed E-state index contributed by atoms with van der Waals surface area (Å²) in [7, 11) is 0. The first-order valence-electron chi connectivity index (χ1n) is 3.80. The minimum atomic E-state index is -0.985. The minimum Gasteiger partial charge on any atom is -0.477 e. The lowest BCUT2D eigenvalue weighted by atomic mass is 10.2. The van der Waals surface area contributed by atoms with Crippen LogP contribution in [0.15, 0.2) is 18.1 Å². The van der Waals surface area contributed by atoms with E-state index in [0.717, 1.165) is 0 Å². The van der Waals surface area contributed by atoms with E-state index in [1.54, 1.807) is 10.8 Å². The predicted octanol–water partition coefficient (Wildman–Crippen LogP) is 0.233. The number of nitrogens with zero attached hydrogens (tertiary/aromatic N) is 3. The average Bonchev–Trinajstić information content (AvgIpc) is 2.51. The van der Waals surface area contributed by atoms with Crippen LogP contribution >= 0.6 is 0 Å². The van der Waals surface area contributed by atoms with Crippen LogP contribution in [0.5, 0.6) is 0 Å². The standard InChI is InChI=1S/C7H8N4O2/c1-4-2-5(6(12)13)10-7-8-3-9-11(4)7/h2-4H,1H3,(H,12,13)(H,8,9,10)/t4-/m0/s1. The quantitative estimate of drug-likeness (QED) is 0.646. The number of carboxylic acid groups (broad SMARTS) is 1. The highest BCUT2D eigenvalue weighted by Gasteiger charge is 2.20. The molecule has 1 aromatic heterocycles. The first-order valence-corrected chi connectivity index (χ1v) is 3.80. The smallest absolute Gasteiger partial charge is 0.352 e. The van der Waals surface area contributed by atoms with Crippen molar-refractivity contribution in [1.82, 2.24) is 14.8 Å². The zero-order valence-electron chi connectivity index (χ0n) is 6.93. The molecule has 2 heterocycles. The second-order valence-electron chi connectivity index (χ2n) is 2.78. The largest absolute Gasteiger partial charge is 0.477 e. The second-order valence-corrected chi connectivity index (χ2v) is 2.78. The van der Waals surface area contributed by atoms with Crippen molar-refractivity contribution in [2.24, 2.45) is 0 Å². The molecule has 6 heteroatoms. The Morgan fingerprint density at radius 3 is 3.23 bits per heavy atom. The van der Waals surface area contributed by atoms with E-state index in [2.05, 4.69) is 15.4 Å². The zero-order valence-corrected chi connectivity index (χ0v) is 6.93. The SMILES string of the molecule is C[C@H]1C=C(C(=O)O)Nc2ncnn21. The molecule has 0 aromatic carbocycles. The third-order valence-electron chi connectivity index (χ3n) is 1.84. The fraction of sp³-hybridized carbons (Fsp3) is 0.286. The maximum absolute atomic E-state index is 10.6. The van der Waals surface area contributed by atoms with Crippen LogP contribution in [0.25, 0.3) is 0 Å². The van der Waals surface area contributed by atoms with Crippen LogP contribution in [0, 0.1) is 0 Å². The summed E-state index contributed by atoms with van der Waals surface area (Å²) in [5, 5.41) is 15.3. The highest BCUT2D eigenvalue weighted by atomic mass is 16.4. The molecule has 0 aliphatic carbocycles. The maximum atomic E-state index is 10.6. The van der Waals surface area contributed by atoms with Crippen molar-refractivity contribution >= 4 is 11.9 Å². The molecule has 0 fully saturated rings. The Morgan fingerprint density at radius 1 is 1.77 bits per heavy atom. The molecule has 0 unspecified atom stereocenters. The van der Waals surface area contributed by atoms with E-state index >= 15 is 0 Å². The van der Waals surface area contributed by atoms with Crippen LogP contribution in [0.4, 0.5) is 5.95 Å². The Balaban J connectivity index is 2.39. The number of nitrogens with one attached hydrogen (secondary N) is 1. The molecule has 2 rings (SSSR count). The van der Waals surface area contributed by atoms with Crippen LogP contribution < -0.4 is 5.32 Å². The van der Waals surface area contributed by atoms with Gasteiger partial charge in [-0.2, -0.15) is 10.1 Å². The molecular formula is C7H8N4O2. The molecule has 68 valence electrons. The number of hydrogen-bond acceptors (Lipinski definition) is 4. The van der Waals surface area contributed by atoms with Crippen molar-refractivity contribution in [3.8, 4) is 0 Å². The predicted molar refractivity (Wildman–Crippen MR) is 44.1 cm³/mol. The molecule has 0 saturated heterocycles. The molecule has 2 N–H and O–H groups in total. The number of rotatable bonds is 1. The summed E-state index contributed by atoms with van der Waals surface area (Å²) in [6.07, 6.45) is 2.97. The monoisotopic (exact) mass is 180 g/mol. The van der Waals surface area contributed by atoms with Gasteiger partial charge in [0.15, 0.2) is 0 Å². The molecule has 1 aliphatic rings. The lowest BCUT2D eigenvalue weighted by molar-refractivity contribution is -0.132. The molecule has 0 amide bonds. The highest BCUT2D eigenvalue weighted by Crippen LogP contribution is 2.20. The Morgan fingerprint density at radius 2 is 2.54 bits per heavy atom. The van der Waals surface area contributed by atoms with Gasteiger partial charge < -0.3 is 10.4 Å². The van der Waals surface area contributed by atoms with Gasteiger partial charge in [0.2, 0.25) is 5.95 Å². The highest BCUT2D eigenvalue weighted by molar-refractivity contribution is 5.90. The lowest BCUT2D eigenvalue weighted by Gasteiger charge is -2.18. The van der Waals surface area contributed by atoms with Crippen molar-refractivity contribution in [3.63, 3.8) is 0 Å². The summed E-state index contributed by atoms with van der Waals surface area (Å²) in [6.45, 7) is 1.85. The molecule has 0 spiro atoms. The maximum Gasteiger partial charge on any atom is 0.352 e.